The summed E-state index contributed by atoms with van der Waals surface area (Å²) in [5, 5.41) is 19.7. The van der Waals surface area contributed by atoms with Crippen molar-refractivity contribution in [2.75, 3.05) is 0 Å². The fourth-order valence-corrected chi connectivity index (χ4v) is 2.79. The molecule has 1 aliphatic carbocycles. The number of carboxylic acid groups (broad SMARTS) is 1. The second kappa shape index (κ2) is 6.20. The Labute approximate surface area is 133 Å². The van der Waals surface area contributed by atoms with Crippen LogP contribution in [-0.2, 0) is 4.79 Å². The van der Waals surface area contributed by atoms with E-state index in [2.05, 4.69) is 15.6 Å². The van der Waals surface area contributed by atoms with Crippen molar-refractivity contribution in [3.8, 4) is 5.69 Å². The van der Waals surface area contributed by atoms with Gasteiger partial charge in [-0.05, 0) is 38.3 Å². The van der Waals surface area contributed by atoms with Gasteiger partial charge in [0.1, 0.15) is 0 Å². The number of benzene rings is 1. The van der Waals surface area contributed by atoms with E-state index >= 15 is 0 Å². The number of rotatable bonds is 4. The normalized spacial score (nSPS) is 20.4. The summed E-state index contributed by atoms with van der Waals surface area (Å²) in [5.74, 6) is -1.49. The second-order valence-corrected chi connectivity index (χ2v) is 5.90. The molecule has 7 heteroatoms. The predicted molar refractivity (Wildman–Crippen MR) is 82.3 cm³/mol. The molecule has 1 aliphatic rings. The molecule has 1 aromatic heterocycles. The summed E-state index contributed by atoms with van der Waals surface area (Å²) in [4.78, 5) is 23.2. The highest BCUT2D eigenvalue weighted by molar-refractivity contribution is 5.92. The van der Waals surface area contributed by atoms with Crippen LogP contribution in [-0.4, -0.2) is 38.0 Å². The maximum absolute atomic E-state index is 12.2. The summed E-state index contributed by atoms with van der Waals surface area (Å²) in [5.41, 5.74) is 2.19. The highest BCUT2D eigenvalue weighted by Gasteiger charge is 2.31. The smallest absolute Gasteiger partial charge is 0.306 e. The molecule has 1 amide bonds. The molecule has 2 aromatic rings. The monoisotopic (exact) mass is 314 g/mol. The highest BCUT2D eigenvalue weighted by atomic mass is 16.4. The number of carbonyl (C=O) groups is 2. The zero-order valence-corrected chi connectivity index (χ0v) is 12.8. The third kappa shape index (κ3) is 3.39. The molecule has 7 nitrogen and oxygen atoms in total. The minimum Gasteiger partial charge on any atom is -0.481 e. The first kappa shape index (κ1) is 15.2. The third-order valence-corrected chi connectivity index (χ3v) is 4.14. The first-order valence-corrected chi connectivity index (χ1v) is 7.56. The lowest BCUT2D eigenvalue weighted by Crippen LogP contribution is -2.33. The van der Waals surface area contributed by atoms with Crippen molar-refractivity contribution in [1.29, 1.82) is 0 Å². The molecular weight excluding hydrogens is 296 g/mol. The molecule has 1 saturated carbocycles. The molecule has 0 radical (unpaired) electrons. The summed E-state index contributed by atoms with van der Waals surface area (Å²) in [6, 6.07) is 7.61. The van der Waals surface area contributed by atoms with E-state index in [1.54, 1.807) is 10.9 Å². The van der Waals surface area contributed by atoms with E-state index in [9.17, 15) is 9.59 Å². The summed E-state index contributed by atoms with van der Waals surface area (Å²) in [7, 11) is 0. The average Bonchev–Trinajstić information content (AvgIpc) is 3.17. The van der Waals surface area contributed by atoms with E-state index in [0.717, 1.165) is 11.3 Å². The van der Waals surface area contributed by atoms with Gasteiger partial charge in [0.05, 0.1) is 17.8 Å². The first-order valence-electron chi connectivity index (χ1n) is 7.56. The van der Waals surface area contributed by atoms with Crippen molar-refractivity contribution in [3.05, 3.63) is 41.7 Å². The largest absolute Gasteiger partial charge is 0.481 e. The quantitative estimate of drug-likeness (QED) is 0.892. The minimum absolute atomic E-state index is 0.117. The van der Waals surface area contributed by atoms with Gasteiger partial charge in [-0.25, -0.2) is 4.68 Å². The lowest BCUT2D eigenvalue weighted by Gasteiger charge is -2.10. The van der Waals surface area contributed by atoms with Crippen molar-refractivity contribution in [1.82, 2.24) is 20.3 Å². The topological polar surface area (TPSA) is 97.1 Å². The van der Waals surface area contributed by atoms with Gasteiger partial charge in [0, 0.05) is 6.04 Å². The number of hydrogen-bond donors (Lipinski definition) is 2. The lowest BCUT2D eigenvalue weighted by molar-refractivity contribution is -0.141. The number of nitrogens with one attached hydrogen (secondary N) is 1. The standard InChI is InChI=1S/C16H18N4O3/c1-10-2-6-13(7-3-10)20-9-14(18-19-20)15(21)17-12-5-4-11(8-12)16(22)23/h2-3,6-7,9,11-12H,4-5,8H2,1H3,(H,17,21)(H,22,23)/t11-,12+/m1/s1. The van der Waals surface area contributed by atoms with Crippen molar-refractivity contribution >= 4 is 11.9 Å². The Morgan fingerprint density at radius 1 is 1.26 bits per heavy atom. The number of carbonyl (C=O) groups excluding carboxylic acids is 1. The van der Waals surface area contributed by atoms with Crippen LogP contribution in [0.5, 0.6) is 0 Å². The van der Waals surface area contributed by atoms with Crippen LogP contribution in [0.15, 0.2) is 30.5 Å². The molecule has 0 bridgehead atoms. The van der Waals surface area contributed by atoms with Gasteiger partial charge in [0.2, 0.25) is 0 Å². The number of aromatic nitrogens is 3. The molecular formula is C16H18N4O3. The third-order valence-electron chi connectivity index (χ3n) is 4.14. The van der Waals surface area contributed by atoms with Gasteiger partial charge in [-0.3, -0.25) is 9.59 Å². The fourth-order valence-electron chi connectivity index (χ4n) is 2.79. The number of hydrogen-bond acceptors (Lipinski definition) is 4. The van der Waals surface area contributed by atoms with Gasteiger partial charge in [-0.15, -0.1) is 5.10 Å². The molecule has 0 unspecified atom stereocenters. The Morgan fingerprint density at radius 2 is 2.00 bits per heavy atom. The Hall–Kier alpha value is -2.70. The van der Waals surface area contributed by atoms with Crippen molar-refractivity contribution in [2.24, 2.45) is 5.92 Å². The summed E-state index contributed by atoms with van der Waals surface area (Å²) < 4.78 is 1.54. The molecule has 120 valence electrons. The molecule has 3 rings (SSSR count). The molecule has 0 spiro atoms. The number of carboxylic acids is 1. The minimum atomic E-state index is -0.799. The van der Waals surface area contributed by atoms with Gasteiger partial charge >= 0.3 is 5.97 Å². The molecule has 1 aromatic carbocycles. The van der Waals surface area contributed by atoms with E-state index in [4.69, 9.17) is 5.11 Å². The van der Waals surface area contributed by atoms with Crippen molar-refractivity contribution in [2.45, 2.75) is 32.2 Å². The summed E-state index contributed by atoms with van der Waals surface area (Å²) >= 11 is 0. The molecule has 1 fully saturated rings. The van der Waals surface area contributed by atoms with Crippen LogP contribution in [0, 0.1) is 12.8 Å². The molecule has 0 aliphatic heterocycles. The van der Waals surface area contributed by atoms with Crippen molar-refractivity contribution in [3.63, 3.8) is 0 Å². The molecule has 2 N–H and O–H groups in total. The van der Waals surface area contributed by atoms with Crippen LogP contribution >= 0.6 is 0 Å². The van der Waals surface area contributed by atoms with E-state index in [1.165, 1.54) is 0 Å². The number of amides is 1. The average molecular weight is 314 g/mol. The van der Waals surface area contributed by atoms with Crippen molar-refractivity contribution < 1.29 is 14.7 Å². The Morgan fingerprint density at radius 3 is 2.65 bits per heavy atom. The molecule has 23 heavy (non-hydrogen) atoms. The van der Waals surface area contributed by atoms with Crippen LogP contribution in [0.2, 0.25) is 0 Å². The van der Waals surface area contributed by atoms with E-state index in [0.29, 0.717) is 19.3 Å². The zero-order chi connectivity index (χ0) is 16.4. The van der Waals surface area contributed by atoms with E-state index in [-0.39, 0.29) is 23.6 Å². The van der Waals surface area contributed by atoms with Crippen LogP contribution < -0.4 is 5.32 Å². The van der Waals surface area contributed by atoms with Crippen LogP contribution in [0.3, 0.4) is 0 Å². The van der Waals surface area contributed by atoms with Gasteiger partial charge in [-0.1, -0.05) is 22.9 Å². The number of aryl methyl sites for hydroxylation is 1. The lowest BCUT2D eigenvalue weighted by atomic mass is 10.1. The van der Waals surface area contributed by atoms with Crippen LogP contribution in [0.1, 0.15) is 35.3 Å². The Kier molecular flexibility index (Phi) is 4.10. The van der Waals surface area contributed by atoms with Gasteiger partial charge in [0.25, 0.3) is 5.91 Å². The predicted octanol–water partition coefficient (Wildman–Crippen LogP) is 1.56. The van der Waals surface area contributed by atoms with Crippen LogP contribution in [0.25, 0.3) is 5.69 Å². The SMILES string of the molecule is Cc1ccc(-n2cc(C(=O)N[C@H]3CC[C@@H](C(=O)O)C3)nn2)cc1. The second-order valence-electron chi connectivity index (χ2n) is 5.90. The number of aliphatic carboxylic acids is 1. The molecule has 2 atom stereocenters. The van der Waals surface area contributed by atoms with Gasteiger partial charge < -0.3 is 10.4 Å². The number of nitrogens with zero attached hydrogens (tertiary/aromatic N) is 3. The fraction of sp³-hybridized carbons (Fsp3) is 0.375. The highest BCUT2D eigenvalue weighted by Crippen LogP contribution is 2.25. The van der Waals surface area contributed by atoms with Gasteiger partial charge in [-0.2, -0.15) is 0 Å². The summed E-state index contributed by atoms with van der Waals surface area (Å²) in [6.45, 7) is 2.00. The molecule has 1 heterocycles. The Bertz CT molecular complexity index is 723. The van der Waals surface area contributed by atoms with Gasteiger partial charge in [0.15, 0.2) is 5.69 Å². The maximum Gasteiger partial charge on any atom is 0.306 e. The maximum atomic E-state index is 12.2. The summed E-state index contributed by atoms with van der Waals surface area (Å²) in [6.07, 6.45) is 3.31. The first-order chi connectivity index (χ1) is 11.0. The molecule has 0 saturated heterocycles. The Balaban J connectivity index is 1.65. The van der Waals surface area contributed by atoms with E-state index < -0.39 is 5.97 Å². The van der Waals surface area contributed by atoms with E-state index in [1.807, 2.05) is 31.2 Å². The van der Waals surface area contributed by atoms with Crippen LogP contribution in [0.4, 0.5) is 0 Å². The zero-order valence-electron chi connectivity index (χ0n) is 12.8.